The highest BCUT2D eigenvalue weighted by Crippen LogP contribution is 2.29. The van der Waals surface area contributed by atoms with Crippen molar-refractivity contribution in [3.05, 3.63) is 35.9 Å². The van der Waals surface area contributed by atoms with E-state index in [-0.39, 0.29) is 29.8 Å². The van der Waals surface area contributed by atoms with Crippen LogP contribution >= 0.6 is 0 Å². The van der Waals surface area contributed by atoms with Crippen molar-refractivity contribution in [3.63, 3.8) is 0 Å². The average molecular weight is 275 g/mol. The lowest BCUT2D eigenvalue weighted by Gasteiger charge is -2.27. The topological polar surface area (TPSA) is 40.5 Å². The molecule has 3 atom stereocenters. The summed E-state index contributed by atoms with van der Waals surface area (Å²) in [7, 11) is 0. The number of hydrogen-bond donors (Lipinski definition) is 1. The number of aliphatic hydroxyl groups excluding tert-OH is 1. The first-order chi connectivity index (χ1) is 9.50. The maximum Gasteiger partial charge on any atom is 0.230 e. The van der Waals surface area contributed by atoms with E-state index in [1.807, 2.05) is 42.2 Å². The summed E-state index contributed by atoms with van der Waals surface area (Å²) in [6, 6.07) is 10.0. The van der Waals surface area contributed by atoms with E-state index in [0.29, 0.717) is 6.54 Å². The molecule has 1 saturated heterocycles. The first kappa shape index (κ1) is 15.0. The molecule has 3 unspecified atom stereocenters. The summed E-state index contributed by atoms with van der Waals surface area (Å²) in [4.78, 5) is 14.7. The largest absolute Gasteiger partial charge is 0.393 e. The predicted octanol–water partition coefficient (Wildman–Crippen LogP) is 2.66. The summed E-state index contributed by atoms with van der Waals surface area (Å²) in [6.07, 6.45) is 0.574. The van der Waals surface area contributed by atoms with Gasteiger partial charge in [0.15, 0.2) is 0 Å². The van der Waals surface area contributed by atoms with Gasteiger partial charge in [0.1, 0.15) is 0 Å². The highest BCUT2D eigenvalue weighted by Gasteiger charge is 2.34. The van der Waals surface area contributed by atoms with E-state index >= 15 is 0 Å². The van der Waals surface area contributed by atoms with Gasteiger partial charge in [0.25, 0.3) is 0 Å². The summed E-state index contributed by atoms with van der Waals surface area (Å²) < 4.78 is 0. The fourth-order valence-corrected chi connectivity index (χ4v) is 3.05. The molecule has 3 nitrogen and oxygen atoms in total. The van der Waals surface area contributed by atoms with Gasteiger partial charge in [-0.05, 0) is 24.8 Å². The van der Waals surface area contributed by atoms with Crippen LogP contribution in [0.3, 0.4) is 0 Å². The lowest BCUT2D eigenvalue weighted by Crippen LogP contribution is -2.36. The molecule has 1 aliphatic rings. The van der Waals surface area contributed by atoms with Crippen molar-refractivity contribution in [3.8, 4) is 0 Å². The zero-order valence-electron chi connectivity index (χ0n) is 12.6. The Morgan fingerprint density at radius 2 is 1.90 bits per heavy atom. The Bertz CT molecular complexity index is 442. The zero-order chi connectivity index (χ0) is 14.7. The molecule has 0 saturated carbocycles. The van der Waals surface area contributed by atoms with E-state index < -0.39 is 0 Å². The Morgan fingerprint density at radius 1 is 1.25 bits per heavy atom. The van der Waals surface area contributed by atoms with Crippen molar-refractivity contribution in [1.82, 2.24) is 4.90 Å². The number of rotatable bonds is 4. The normalized spacial score (nSPS) is 22.1. The number of aliphatic hydroxyl groups is 1. The molecular weight excluding hydrogens is 250 g/mol. The third kappa shape index (κ3) is 3.21. The van der Waals surface area contributed by atoms with Gasteiger partial charge in [-0.1, -0.05) is 44.2 Å². The van der Waals surface area contributed by atoms with Crippen LogP contribution in [0.1, 0.15) is 38.7 Å². The van der Waals surface area contributed by atoms with Crippen molar-refractivity contribution in [1.29, 1.82) is 0 Å². The van der Waals surface area contributed by atoms with Gasteiger partial charge in [-0.3, -0.25) is 4.79 Å². The van der Waals surface area contributed by atoms with Gasteiger partial charge in [0.2, 0.25) is 5.91 Å². The molecule has 0 aromatic heterocycles. The van der Waals surface area contributed by atoms with E-state index in [1.54, 1.807) is 0 Å². The molecule has 0 radical (unpaired) electrons. The molecule has 1 N–H and O–H groups in total. The van der Waals surface area contributed by atoms with Crippen LogP contribution in [0.15, 0.2) is 30.3 Å². The number of likely N-dealkylation sites (tertiary alicyclic amines) is 1. The van der Waals surface area contributed by atoms with Gasteiger partial charge in [0.05, 0.1) is 12.0 Å². The number of benzene rings is 1. The van der Waals surface area contributed by atoms with E-state index in [4.69, 9.17) is 0 Å². The maximum absolute atomic E-state index is 12.8. The van der Waals surface area contributed by atoms with Crippen molar-refractivity contribution in [2.45, 2.75) is 39.2 Å². The van der Waals surface area contributed by atoms with Gasteiger partial charge < -0.3 is 10.0 Å². The Labute approximate surface area is 121 Å². The smallest absolute Gasteiger partial charge is 0.230 e. The molecule has 0 bridgehead atoms. The van der Waals surface area contributed by atoms with Crippen molar-refractivity contribution in [2.24, 2.45) is 11.8 Å². The SMILES string of the molecule is CC(C)C(C(=O)N1CCC(C(C)O)C1)c1ccccc1. The van der Waals surface area contributed by atoms with Gasteiger partial charge in [-0.2, -0.15) is 0 Å². The van der Waals surface area contributed by atoms with E-state index in [9.17, 15) is 9.90 Å². The molecular formula is C17H25NO2. The second-order valence-corrected chi connectivity index (χ2v) is 6.21. The van der Waals surface area contributed by atoms with Crippen LogP contribution in [0.25, 0.3) is 0 Å². The van der Waals surface area contributed by atoms with Gasteiger partial charge in [-0.25, -0.2) is 0 Å². The van der Waals surface area contributed by atoms with Crippen molar-refractivity contribution >= 4 is 5.91 Å². The van der Waals surface area contributed by atoms with Crippen LogP contribution < -0.4 is 0 Å². The molecule has 0 aliphatic carbocycles. The number of carbonyl (C=O) groups excluding carboxylic acids is 1. The third-order valence-electron chi connectivity index (χ3n) is 4.31. The number of nitrogens with zero attached hydrogens (tertiary/aromatic N) is 1. The minimum absolute atomic E-state index is 0.0797. The van der Waals surface area contributed by atoms with Crippen molar-refractivity contribution < 1.29 is 9.90 Å². The van der Waals surface area contributed by atoms with Gasteiger partial charge in [-0.15, -0.1) is 0 Å². The molecule has 20 heavy (non-hydrogen) atoms. The zero-order valence-corrected chi connectivity index (χ0v) is 12.6. The number of amides is 1. The molecule has 1 aromatic rings. The van der Waals surface area contributed by atoms with Gasteiger partial charge in [0, 0.05) is 19.0 Å². The fraction of sp³-hybridized carbons (Fsp3) is 0.588. The quantitative estimate of drug-likeness (QED) is 0.917. The fourth-order valence-electron chi connectivity index (χ4n) is 3.05. The van der Waals surface area contributed by atoms with Crippen LogP contribution in [0.4, 0.5) is 0 Å². The minimum Gasteiger partial charge on any atom is -0.393 e. The highest BCUT2D eigenvalue weighted by atomic mass is 16.3. The Hall–Kier alpha value is -1.35. The Kier molecular flexibility index (Phi) is 4.81. The molecule has 110 valence electrons. The lowest BCUT2D eigenvalue weighted by atomic mass is 9.87. The van der Waals surface area contributed by atoms with Crippen molar-refractivity contribution in [2.75, 3.05) is 13.1 Å². The second kappa shape index (κ2) is 6.40. The highest BCUT2D eigenvalue weighted by molar-refractivity contribution is 5.84. The monoisotopic (exact) mass is 275 g/mol. The summed E-state index contributed by atoms with van der Waals surface area (Å²) in [5, 5.41) is 9.68. The molecule has 1 fully saturated rings. The first-order valence-electron chi connectivity index (χ1n) is 7.52. The molecule has 0 spiro atoms. The third-order valence-corrected chi connectivity index (χ3v) is 4.31. The minimum atomic E-state index is -0.331. The summed E-state index contributed by atoms with van der Waals surface area (Å²) in [5.41, 5.74) is 1.09. The molecule has 3 heteroatoms. The maximum atomic E-state index is 12.8. The Balaban J connectivity index is 2.13. The summed E-state index contributed by atoms with van der Waals surface area (Å²) in [6.45, 7) is 7.46. The summed E-state index contributed by atoms with van der Waals surface area (Å²) in [5.74, 6) is 0.622. The van der Waals surface area contributed by atoms with Crippen LogP contribution in [-0.4, -0.2) is 35.1 Å². The molecule has 1 heterocycles. The van der Waals surface area contributed by atoms with E-state index in [0.717, 1.165) is 18.5 Å². The molecule has 1 aliphatic heterocycles. The number of hydrogen-bond acceptors (Lipinski definition) is 2. The lowest BCUT2D eigenvalue weighted by molar-refractivity contribution is -0.133. The Morgan fingerprint density at radius 3 is 2.40 bits per heavy atom. The molecule has 2 rings (SSSR count). The van der Waals surface area contributed by atoms with Gasteiger partial charge >= 0.3 is 0 Å². The average Bonchev–Trinajstić information content (AvgIpc) is 2.89. The van der Waals surface area contributed by atoms with E-state index in [1.165, 1.54) is 0 Å². The summed E-state index contributed by atoms with van der Waals surface area (Å²) >= 11 is 0. The second-order valence-electron chi connectivity index (χ2n) is 6.21. The van der Waals surface area contributed by atoms with Crippen LogP contribution in [-0.2, 0) is 4.79 Å². The van der Waals surface area contributed by atoms with Crippen LogP contribution in [0.2, 0.25) is 0 Å². The standard InChI is InChI=1S/C17H25NO2/c1-12(2)16(14-7-5-4-6-8-14)17(20)18-10-9-15(11-18)13(3)19/h4-8,12-13,15-16,19H,9-11H2,1-3H3. The van der Waals surface area contributed by atoms with E-state index in [2.05, 4.69) is 13.8 Å². The molecule has 1 aromatic carbocycles. The van der Waals surface area contributed by atoms with Crippen LogP contribution in [0, 0.1) is 11.8 Å². The predicted molar refractivity (Wildman–Crippen MR) is 80.4 cm³/mol. The first-order valence-corrected chi connectivity index (χ1v) is 7.52. The number of carbonyl (C=O) groups is 1. The molecule has 1 amide bonds. The van der Waals surface area contributed by atoms with Crippen LogP contribution in [0.5, 0.6) is 0 Å².